The molecule has 0 bridgehead atoms. The summed E-state index contributed by atoms with van der Waals surface area (Å²) >= 11 is 0. The molecule has 3 amide bonds. The van der Waals surface area contributed by atoms with Gasteiger partial charge in [-0.25, -0.2) is 4.79 Å². The SMILES string of the molecule is C[C@@H]1CCC[C@@H](C)C12NC(=O)NC2=O. The number of nitrogens with one attached hydrogen (secondary N) is 2. The molecule has 0 radical (unpaired) electrons. The van der Waals surface area contributed by atoms with Gasteiger partial charge >= 0.3 is 6.03 Å². The minimum absolute atomic E-state index is 0.137. The largest absolute Gasteiger partial charge is 0.323 e. The first kappa shape index (κ1) is 9.49. The summed E-state index contributed by atoms with van der Waals surface area (Å²) in [6, 6.07) is -0.337. The van der Waals surface area contributed by atoms with Gasteiger partial charge in [0.2, 0.25) is 0 Å². The molecular formula is C10H16N2O2. The second-order valence-corrected chi connectivity index (χ2v) is 4.51. The summed E-state index contributed by atoms with van der Waals surface area (Å²) in [5.41, 5.74) is -0.630. The van der Waals surface area contributed by atoms with Gasteiger partial charge in [-0.15, -0.1) is 0 Å². The van der Waals surface area contributed by atoms with Crippen LogP contribution < -0.4 is 10.6 Å². The molecule has 14 heavy (non-hydrogen) atoms. The Morgan fingerprint density at radius 3 is 2.21 bits per heavy atom. The van der Waals surface area contributed by atoms with E-state index in [1.54, 1.807) is 0 Å². The van der Waals surface area contributed by atoms with Gasteiger partial charge in [0.25, 0.3) is 5.91 Å². The van der Waals surface area contributed by atoms with Crippen LogP contribution in [0, 0.1) is 11.8 Å². The second-order valence-electron chi connectivity index (χ2n) is 4.51. The molecule has 1 heterocycles. The quantitative estimate of drug-likeness (QED) is 0.568. The molecule has 2 aliphatic rings. The maximum absolute atomic E-state index is 11.8. The van der Waals surface area contributed by atoms with Gasteiger partial charge in [-0.05, 0) is 24.7 Å². The number of carbonyl (C=O) groups excluding carboxylic acids is 2. The molecule has 0 aromatic rings. The summed E-state index contributed by atoms with van der Waals surface area (Å²) in [5.74, 6) is 0.331. The fourth-order valence-electron chi connectivity index (χ4n) is 2.85. The molecule has 1 aliphatic heterocycles. The van der Waals surface area contributed by atoms with E-state index in [1.807, 2.05) is 13.8 Å². The summed E-state index contributed by atoms with van der Waals surface area (Å²) in [7, 11) is 0. The zero-order valence-corrected chi connectivity index (χ0v) is 8.59. The fourth-order valence-corrected chi connectivity index (χ4v) is 2.85. The van der Waals surface area contributed by atoms with E-state index in [-0.39, 0.29) is 23.8 Å². The van der Waals surface area contributed by atoms with E-state index >= 15 is 0 Å². The van der Waals surface area contributed by atoms with Crippen LogP contribution in [0.3, 0.4) is 0 Å². The van der Waals surface area contributed by atoms with Crippen LogP contribution in [0.2, 0.25) is 0 Å². The van der Waals surface area contributed by atoms with Crippen LogP contribution in [0.25, 0.3) is 0 Å². The predicted octanol–water partition coefficient (Wildman–Crippen LogP) is 1.02. The Hall–Kier alpha value is -1.06. The van der Waals surface area contributed by atoms with E-state index < -0.39 is 5.54 Å². The Morgan fingerprint density at radius 1 is 1.21 bits per heavy atom. The zero-order valence-electron chi connectivity index (χ0n) is 8.59. The molecule has 1 saturated heterocycles. The van der Waals surface area contributed by atoms with Crippen LogP contribution in [0.15, 0.2) is 0 Å². The summed E-state index contributed by atoms with van der Waals surface area (Å²) < 4.78 is 0. The first-order chi connectivity index (χ1) is 6.57. The molecule has 2 fully saturated rings. The summed E-state index contributed by atoms with van der Waals surface area (Å²) in [4.78, 5) is 23.0. The number of imide groups is 1. The lowest BCUT2D eigenvalue weighted by Gasteiger charge is -2.41. The lowest BCUT2D eigenvalue weighted by Crippen LogP contribution is -2.58. The van der Waals surface area contributed by atoms with Crippen molar-refractivity contribution in [3.63, 3.8) is 0 Å². The van der Waals surface area contributed by atoms with Gasteiger partial charge in [0.1, 0.15) is 5.54 Å². The summed E-state index contributed by atoms with van der Waals surface area (Å²) in [6.07, 6.45) is 3.17. The average molecular weight is 196 g/mol. The molecule has 1 spiro atoms. The van der Waals surface area contributed by atoms with Gasteiger partial charge < -0.3 is 5.32 Å². The van der Waals surface area contributed by atoms with E-state index in [0.717, 1.165) is 19.3 Å². The lowest BCUT2D eigenvalue weighted by molar-refractivity contribution is -0.129. The molecule has 2 atom stereocenters. The van der Waals surface area contributed by atoms with Crippen molar-refractivity contribution in [3.05, 3.63) is 0 Å². The summed E-state index contributed by atoms with van der Waals surface area (Å²) in [6.45, 7) is 4.08. The Bertz CT molecular complexity index is 278. The van der Waals surface area contributed by atoms with Gasteiger partial charge in [0.05, 0.1) is 0 Å². The van der Waals surface area contributed by atoms with Gasteiger partial charge in [-0.2, -0.15) is 0 Å². The Morgan fingerprint density at radius 2 is 1.79 bits per heavy atom. The molecule has 4 nitrogen and oxygen atoms in total. The highest BCUT2D eigenvalue weighted by Gasteiger charge is 2.54. The number of urea groups is 1. The summed E-state index contributed by atoms with van der Waals surface area (Å²) in [5, 5.41) is 5.17. The molecule has 4 heteroatoms. The van der Waals surface area contributed by atoms with Crippen LogP contribution >= 0.6 is 0 Å². The smallest absolute Gasteiger partial charge is 0.322 e. The van der Waals surface area contributed by atoms with Crippen molar-refractivity contribution in [2.75, 3.05) is 0 Å². The Balaban J connectivity index is 2.35. The van der Waals surface area contributed by atoms with Crippen LogP contribution in [-0.2, 0) is 4.79 Å². The third-order valence-electron chi connectivity index (χ3n) is 3.75. The molecular weight excluding hydrogens is 180 g/mol. The van der Waals surface area contributed by atoms with Crippen molar-refractivity contribution < 1.29 is 9.59 Å². The van der Waals surface area contributed by atoms with Crippen molar-refractivity contribution in [1.29, 1.82) is 0 Å². The average Bonchev–Trinajstić information content (AvgIpc) is 2.39. The number of hydrogen-bond donors (Lipinski definition) is 2. The second kappa shape index (κ2) is 2.97. The number of carbonyl (C=O) groups is 2. The lowest BCUT2D eigenvalue weighted by atomic mass is 9.67. The Kier molecular flexibility index (Phi) is 2.01. The molecule has 0 unspecified atom stereocenters. The Labute approximate surface area is 83.4 Å². The first-order valence-electron chi connectivity index (χ1n) is 5.21. The number of hydrogen-bond acceptors (Lipinski definition) is 2. The molecule has 2 rings (SSSR count). The fraction of sp³-hybridized carbons (Fsp3) is 0.800. The standard InChI is InChI=1S/C10H16N2O2/c1-6-4-3-5-7(2)10(6)8(13)11-9(14)12-10/h6-7H,3-5H2,1-2H3,(H2,11,12,13,14)/t6-,7-/m1/s1. The van der Waals surface area contributed by atoms with Gasteiger partial charge in [0.15, 0.2) is 0 Å². The van der Waals surface area contributed by atoms with Gasteiger partial charge in [-0.3, -0.25) is 10.1 Å². The van der Waals surface area contributed by atoms with Crippen LogP contribution in [0.1, 0.15) is 33.1 Å². The number of amides is 3. The first-order valence-corrected chi connectivity index (χ1v) is 5.21. The highest BCUT2D eigenvalue weighted by atomic mass is 16.2. The molecule has 2 N–H and O–H groups in total. The van der Waals surface area contributed by atoms with E-state index in [1.165, 1.54) is 0 Å². The van der Waals surface area contributed by atoms with E-state index in [9.17, 15) is 9.59 Å². The van der Waals surface area contributed by atoms with Crippen molar-refractivity contribution in [3.8, 4) is 0 Å². The van der Waals surface area contributed by atoms with E-state index in [0.29, 0.717) is 0 Å². The minimum atomic E-state index is -0.630. The molecule has 1 aliphatic carbocycles. The molecule has 78 valence electrons. The van der Waals surface area contributed by atoms with Crippen LogP contribution in [-0.4, -0.2) is 17.5 Å². The third-order valence-corrected chi connectivity index (χ3v) is 3.75. The normalized spacial score (nSPS) is 35.6. The van der Waals surface area contributed by atoms with Crippen molar-refractivity contribution in [1.82, 2.24) is 10.6 Å². The highest BCUT2D eigenvalue weighted by molar-refractivity contribution is 6.07. The zero-order chi connectivity index (χ0) is 10.3. The molecule has 1 saturated carbocycles. The maximum atomic E-state index is 11.8. The monoisotopic (exact) mass is 196 g/mol. The van der Waals surface area contributed by atoms with E-state index in [2.05, 4.69) is 10.6 Å². The minimum Gasteiger partial charge on any atom is -0.323 e. The van der Waals surface area contributed by atoms with Gasteiger partial charge in [0, 0.05) is 0 Å². The van der Waals surface area contributed by atoms with Gasteiger partial charge in [-0.1, -0.05) is 20.3 Å². The van der Waals surface area contributed by atoms with Crippen molar-refractivity contribution in [2.45, 2.75) is 38.6 Å². The van der Waals surface area contributed by atoms with Crippen LogP contribution in [0.4, 0.5) is 4.79 Å². The van der Waals surface area contributed by atoms with E-state index in [4.69, 9.17) is 0 Å². The highest BCUT2D eigenvalue weighted by Crippen LogP contribution is 2.39. The van der Waals surface area contributed by atoms with Crippen LogP contribution in [0.5, 0.6) is 0 Å². The van der Waals surface area contributed by atoms with Crippen molar-refractivity contribution >= 4 is 11.9 Å². The number of rotatable bonds is 0. The third kappa shape index (κ3) is 1.06. The maximum Gasteiger partial charge on any atom is 0.322 e. The van der Waals surface area contributed by atoms with Crippen molar-refractivity contribution in [2.24, 2.45) is 11.8 Å². The predicted molar refractivity (Wildman–Crippen MR) is 51.6 cm³/mol. The topological polar surface area (TPSA) is 58.2 Å². The molecule has 0 aromatic heterocycles. The molecule has 0 aromatic carbocycles.